The van der Waals surface area contributed by atoms with Crippen LogP contribution in [-0.2, 0) is 25.4 Å². The number of ether oxygens (including phenoxy) is 6. The number of carbonyl (C=O) groups excluding carboxylic acids is 1. The molecule has 2 bridgehead atoms. The lowest BCUT2D eigenvalue weighted by molar-refractivity contribution is -0.276. The van der Waals surface area contributed by atoms with Crippen LogP contribution in [0.5, 0.6) is 17.2 Å². The van der Waals surface area contributed by atoms with Crippen molar-refractivity contribution in [3.05, 3.63) is 28.3 Å². The minimum atomic E-state index is -1.23. The number of rotatable bonds is 6. The molecule has 3 unspecified atom stereocenters. The van der Waals surface area contributed by atoms with Crippen LogP contribution in [0.4, 0.5) is 0 Å². The van der Waals surface area contributed by atoms with Crippen LogP contribution in [0.1, 0.15) is 46.0 Å². The van der Waals surface area contributed by atoms with Crippen LogP contribution in [0.15, 0.2) is 6.07 Å². The number of ketones is 1. The number of fused-ring (bicyclic) bond motifs is 8. The van der Waals surface area contributed by atoms with E-state index in [4.69, 9.17) is 34.2 Å². The Morgan fingerprint density at radius 3 is 2.78 bits per heavy atom. The fourth-order valence-corrected chi connectivity index (χ4v) is 7.02. The maximum Gasteiger partial charge on any atom is 0.264 e. The second-order valence-electron chi connectivity index (χ2n) is 10.3. The quantitative estimate of drug-likeness (QED) is 0.397. The van der Waals surface area contributed by atoms with Crippen LogP contribution in [0, 0.1) is 6.92 Å². The summed E-state index contributed by atoms with van der Waals surface area (Å²) >= 11 is 0. The number of phenolic OH excluding ortho intramolecular Hbond substituents is 1. The molecule has 0 amide bonds. The number of Topliss-reactive ketones (excluding diaryl/α,β-unsaturated/α-hetero) is 1. The summed E-state index contributed by atoms with van der Waals surface area (Å²) in [5.41, 5.74) is 7.56. The summed E-state index contributed by atoms with van der Waals surface area (Å²) in [7, 11) is 3.18. The van der Waals surface area contributed by atoms with Crippen LogP contribution in [0.3, 0.4) is 0 Å². The van der Waals surface area contributed by atoms with Crippen LogP contribution in [-0.4, -0.2) is 74.6 Å². The average Bonchev–Trinajstić information content (AvgIpc) is 3.53. The van der Waals surface area contributed by atoms with Crippen molar-refractivity contribution >= 4 is 16.6 Å². The fourth-order valence-electron chi connectivity index (χ4n) is 7.02. The first-order valence-corrected chi connectivity index (χ1v) is 12.4. The van der Waals surface area contributed by atoms with Crippen molar-refractivity contribution in [2.75, 3.05) is 40.5 Å². The smallest absolute Gasteiger partial charge is 0.264 e. The molecule has 4 aliphatic heterocycles. The Morgan fingerprint density at radius 2 is 2.08 bits per heavy atom. The zero-order valence-corrected chi connectivity index (χ0v) is 20.6. The number of aryl methyl sites for hydroxylation is 1. The molecule has 36 heavy (non-hydrogen) atoms. The van der Waals surface area contributed by atoms with E-state index in [0.29, 0.717) is 60.4 Å². The number of hydrogen-bond donors (Lipinski definition) is 3. The van der Waals surface area contributed by atoms with Crippen molar-refractivity contribution in [2.45, 2.75) is 55.5 Å². The molecule has 2 aromatic rings. The van der Waals surface area contributed by atoms with Gasteiger partial charge in [0.25, 0.3) is 5.79 Å². The number of benzene rings is 2. The first-order chi connectivity index (χ1) is 17.4. The third-order valence-electron chi connectivity index (χ3n) is 8.59. The van der Waals surface area contributed by atoms with Crippen LogP contribution in [0.25, 0.3) is 10.8 Å². The van der Waals surface area contributed by atoms with Gasteiger partial charge in [0.05, 0.1) is 24.7 Å². The third kappa shape index (κ3) is 2.41. The van der Waals surface area contributed by atoms with Gasteiger partial charge in [-0.25, -0.2) is 0 Å². The molecule has 0 saturated carbocycles. The van der Waals surface area contributed by atoms with Gasteiger partial charge in [-0.15, -0.1) is 0 Å². The Hall–Kier alpha value is -2.47. The van der Waals surface area contributed by atoms with E-state index in [9.17, 15) is 9.90 Å². The molecule has 5 aliphatic rings. The second kappa shape index (κ2) is 7.31. The first kappa shape index (κ1) is 22.7. The zero-order valence-electron chi connectivity index (χ0n) is 20.6. The molecule has 3 saturated heterocycles. The van der Waals surface area contributed by atoms with Crippen molar-refractivity contribution < 1.29 is 38.3 Å². The van der Waals surface area contributed by atoms with E-state index >= 15 is 0 Å². The fraction of sp³-hybridized carbons (Fsp3) is 0.577. The SMILES string of the molecule is COc1c2c(c(O)c3c4c(c(C)cc13)C1OC3(COCCN)OC1[C@@](OC)(O4)[C@@]31CN1)C(=O)CCC2. The lowest BCUT2D eigenvalue weighted by atomic mass is 9.78. The maximum atomic E-state index is 12.9. The zero-order chi connectivity index (χ0) is 25.0. The molecule has 0 aromatic heterocycles. The Balaban J connectivity index is 1.49. The topological polar surface area (TPSA) is 141 Å². The minimum absolute atomic E-state index is 0.0833. The highest BCUT2D eigenvalue weighted by molar-refractivity contribution is 6.11. The molecular weight excluding hydrogens is 468 g/mol. The summed E-state index contributed by atoms with van der Waals surface area (Å²) in [6.07, 6.45) is 0.673. The number of carbonyl (C=O) groups is 1. The molecule has 192 valence electrons. The minimum Gasteiger partial charge on any atom is -0.506 e. The van der Waals surface area contributed by atoms with Gasteiger partial charge in [0.2, 0.25) is 5.79 Å². The predicted octanol–water partition coefficient (Wildman–Crippen LogP) is 1.60. The highest BCUT2D eigenvalue weighted by Gasteiger charge is 2.89. The Bertz CT molecular complexity index is 1320. The summed E-state index contributed by atoms with van der Waals surface area (Å²) in [5.74, 6) is -1.50. The normalized spacial score (nSPS) is 35.2. The molecule has 2 aromatic carbocycles. The van der Waals surface area contributed by atoms with E-state index in [1.54, 1.807) is 14.2 Å². The third-order valence-corrected chi connectivity index (χ3v) is 8.59. The number of nitrogens with one attached hydrogen (secondary N) is 1. The number of methoxy groups -OCH3 is 2. The number of hydrogen-bond acceptors (Lipinski definition) is 10. The first-order valence-electron chi connectivity index (χ1n) is 12.4. The second-order valence-corrected chi connectivity index (χ2v) is 10.3. The molecule has 7 rings (SSSR count). The summed E-state index contributed by atoms with van der Waals surface area (Å²) in [5, 5.41) is 16.1. The largest absolute Gasteiger partial charge is 0.506 e. The number of aromatic hydroxyl groups is 1. The van der Waals surface area contributed by atoms with E-state index in [2.05, 4.69) is 5.32 Å². The van der Waals surface area contributed by atoms with Gasteiger partial charge in [0.1, 0.15) is 30.0 Å². The van der Waals surface area contributed by atoms with Gasteiger partial charge in [-0.2, -0.15) is 0 Å². The van der Waals surface area contributed by atoms with Gasteiger partial charge in [0, 0.05) is 43.1 Å². The molecule has 3 fully saturated rings. The van der Waals surface area contributed by atoms with Crippen molar-refractivity contribution in [1.29, 1.82) is 0 Å². The van der Waals surface area contributed by atoms with Crippen LogP contribution in [0.2, 0.25) is 0 Å². The Morgan fingerprint density at radius 1 is 1.28 bits per heavy atom. The lowest BCUT2D eigenvalue weighted by Gasteiger charge is -2.49. The standard InChI is InChI=1S/C26H30N2O8/c1-12-9-14-18(19(30)17-13(20(14)31-2)5-4-6-15(17)29)21-16(12)22-23-26(32-3,35-21)24(10-28-24)25(34-22,36-23)11-33-8-7-27/h9,22-23,28,30H,4-8,10-11,27H2,1-3H3/t22?,23?,24-,25?,26-/m1/s1. The van der Waals surface area contributed by atoms with E-state index in [1.165, 1.54) is 0 Å². The van der Waals surface area contributed by atoms with Gasteiger partial charge in [-0.1, -0.05) is 0 Å². The maximum absolute atomic E-state index is 12.9. The molecule has 0 radical (unpaired) electrons. The Kier molecular flexibility index (Phi) is 4.61. The molecule has 4 heterocycles. The van der Waals surface area contributed by atoms with Crippen LogP contribution >= 0.6 is 0 Å². The average molecular weight is 499 g/mol. The molecule has 5 atom stereocenters. The van der Waals surface area contributed by atoms with Gasteiger partial charge in [-0.05, 0) is 31.4 Å². The van der Waals surface area contributed by atoms with E-state index in [-0.39, 0.29) is 18.1 Å². The number of nitrogens with two attached hydrogens (primary N) is 1. The van der Waals surface area contributed by atoms with Gasteiger partial charge in [-0.3, -0.25) is 10.1 Å². The van der Waals surface area contributed by atoms with Gasteiger partial charge in [0.15, 0.2) is 17.4 Å². The highest BCUT2D eigenvalue weighted by atomic mass is 16.8. The molecule has 1 spiro atoms. The molecule has 10 nitrogen and oxygen atoms in total. The van der Waals surface area contributed by atoms with Crippen molar-refractivity contribution in [3.8, 4) is 17.2 Å². The summed E-state index contributed by atoms with van der Waals surface area (Å²) in [6.45, 7) is 3.43. The Labute approximate surface area is 207 Å². The van der Waals surface area contributed by atoms with Gasteiger partial charge >= 0.3 is 0 Å². The monoisotopic (exact) mass is 498 g/mol. The summed E-state index contributed by atoms with van der Waals surface area (Å²) in [6, 6.07) is 1.97. The van der Waals surface area contributed by atoms with E-state index in [0.717, 1.165) is 23.1 Å². The molecule has 1 aliphatic carbocycles. The van der Waals surface area contributed by atoms with Gasteiger partial charge < -0.3 is 39.3 Å². The van der Waals surface area contributed by atoms with E-state index in [1.807, 2.05) is 13.0 Å². The highest BCUT2D eigenvalue weighted by Crippen LogP contribution is 2.68. The lowest BCUT2D eigenvalue weighted by Crippen LogP contribution is -2.69. The molecular formula is C26H30N2O8. The summed E-state index contributed by atoms with van der Waals surface area (Å²) < 4.78 is 37.8. The molecule has 10 heteroatoms. The molecule has 4 N–H and O–H groups in total. The van der Waals surface area contributed by atoms with Crippen molar-refractivity contribution in [3.63, 3.8) is 0 Å². The van der Waals surface area contributed by atoms with Crippen LogP contribution < -0.4 is 20.5 Å². The summed E-state index contributed by atoms with van der Waals surface area (Å²) in [4.78, 5) is 12.9. The predicted molar refractivity (Wildman–Crippen MR) is 127 cm³/mol. The van der Waals surface area contributed by atoms with Crippen molar-refractivity contribution in [2.24, 2.45) is 5.73 Å². The van der Waals surface area contributed by atoms with E-state index < -0.39 is 29.3 Å². The number of phenols is 1. The van der Waals surface area contributed by atoms with Crippen molar-refractivity contribution in [1.82, 2.24) is 5.32 Å².